The Kier molecular flexibility index (Phi) is 4.44. The molecule has 0 aliphatic heterocycles. The van der Waals surface area contributed by atoms with E-state index in [-0.39, 0.29) is 5.91 Å². The molecular weight excluding hydrogens is 324 g/mol. The number of para-hydroxylation sites is 3. The lowest BCUT2D eigenvalue weighted by molar-refractivity contribution is -0.116. The number of hydrogen-bond donors (Lipinski definition) is 2. The van der Waals surface area contributed by atoms with Gasteiger partial charge in [-0.25, -0.2) is 4.98 Å². The van der Waals surface area contributed by atoms with Crippen LogP contribution in [0.4, 0.5) is 5.95 Å². The molecule has 0 saturated heterocycles. The number of carbonyl (C=O) groups excluding carboxylic acids is 1. The Labute approximate surface area is 152 Å². The summed E-state index contributed by atoms with van der Waals surface area (Å²) in [5, 5.41) is 4.18. The lowest BCUT2D eigenvalue weighted by Gasteiger charge is -2.08. The molecule has 4 rings (SSSR count). The van der Waals surface area contributed by atoms with Crippen molar-refractivity contribution in [2.75, 3.05) is 5.32 Å². The first-order valence-corrected chi connectivity index (χ1v) is 9.06. The number of H-pyrrole nitrogens is 1. The number of benzene rings is 2. The Hall–Kier alpha value is -3.08. The van der Waals surface area contributed by atoms with Crippen LogP contribution in [0.5, 0.6) is 0 Å². The number of imidazole rings is 1. The molecule has 0 radical (unpaired) electrons. The minimum Gasteiger partial charge on any atom is -0.361 e. The summed E-state index contributed by atoms with van der Waals surface area (Å²) >= 11 is 0. The van der Waals surface area contributed by atoms with Gasteiger partial charge in [-0.15, -0.1) is 0 Å². The molecule has 132 valence electrons. The van der Waals surface area contributed by atoms with Gasteiger partial charge in [-0.05, 0) is 36.6 Å². The van der Waals surface area contributed by atoms with Crippen molar-refractivity contribution in [1.29, 1.82) is 0 Å². The van der Waals surface area contributed by atoms with E-state index in [0.717, 1.165) is 35.1 Å². The molecule has 1 amide bonds. The molecule has 0 atom stereocenters. The van der Waals surface area contributed by atoms with E-state index in [0.29, 0.717) is 18.8 Å². The fourth-order valence-corrected chi connectivity index (χ4v) is 3.39. The molecule has 2 heterocycles. The first kappa shape index (κ1) is 16.4. The van der Waals surface area contributed by atoms with Gasteiger partial charge in [0, 0.05) is 30.1 Å². The van der Waals surface area contributed by atoms with Crippen LogP contribution in [0.2, 0.25) is 0 Å². The average Bonchev–Trinajstić information content (AvgIpc) is 3.22. The third kappa shape index (κ3) is 3.08. The van der Waals surface area contributed by atoms with Crippen LogP contribution in [0, 0.1) is 0 Å². The molecule has 0 aliphatic rings. The zero-order valence-corrected chi connectivity index (χ0v) is 14.8. The van der Waals surface area contributed by atoms with Crippen molar-refractivity contribution < 1.29 is 4.79 Å². The number of carbonyl (C=O) groups is 1. The molecule has 0 saturated carbocycles. The van der Waals surface area contributed by atoms with E-state index in [9.17, 15) is 4.79 Å². The zero-order valence-electron chi connectivity index (χ0n) is 14.8. The topological polar surface area (TPSA) is 62.7 Å². The van der Waals surface area contributed by atoms with Crippen LogP contribution >= 0.6 is 0 Å². The Bertz CT molecular complexity index is 1060. The van der Waals surface area contributed by atoms with E-state index in [4.69, 9.17) is 0 Å². The summed E-state index contributed by atoms with van der Waals surface area (Å²) in [5.41, 5.74) is 4.24. The lowest BCUT2D eigenvalue weighted by Crippen LogP contribution is -2.16. The van der Waals surface area contributed by atoms with E-state index in [1.807, 2.05) is 48.7 Å². The standard InChI is InChI=1S/C21H22N4O/c1-2-13-25-19-10-6-5-9-18(19)23-21(25)24-20(26)12-11-15-14-22-17-8-4-3-7-16(15)17/h3-10,14,22H,2,11-13H2,1H3,(H,23,24,26). The van der Waals surface area contributed by atoms with Gasteiger partial charge in [0.25, 0.3) is 0 Å². The van der Waals surface area contributed by atoms with Gasteiger partial charge in [0.05, 0.1) is 11.0 Å². The van der Waals surface area contributed by atoms with Crippen LogP contribution in [0.1, 0.15) is 25.3 Å². The second kappa shape index (κ2) is 7.04. The van der Waals surface area contributed by atoms with Crippen LogP contribution in [-0.2, 0) is 17.8 Å². The summed E-state index contributed by atoms with van der Waals surface area (Å²) in [4.78, 5) is 20.4. The zero-order chi connectivity index (χ0) is 17.9. The molecular formula is C21H22N4O. The summed E-state index contributed by atoms with van der Waals surface area (Å²) in [6.45, 7) is 2.95. The summed E-state index contributed by atoms with van der Waals surface area (Å²) in [6.07, 6.45) is 4.10. The van der Waals surface area contributed by atoms with Crippen LogP contribution in [0.3, 0.4) is 0 Å². The van der Waals surface area contributed by atoms with E-state index in [1.54, 1.807) is 0 Å². The van der Waals surface area contributed by atoms with Gasteiger partial charge < -0.3 is 9.55 Å². The number of nitrogens with zero attached hydrogens (tertiary/aromatic N) is 2. The molecule has 0 spiro atoms. The minimum atomic E-state index is -0.0112. The maximum atomic E-state index is 12.5. The van der Waals surface area contributed by atoms with E-state index in [2.05, 4.69) is 32.8 Å². The quantitative estimate of drug-likeness (QED) is 0.540. The molecule has 0 aliphatic carbocycles. The number of hydrogen-bond acceptors (Lipinski definition) is 2. The second-order valence-electron chi connectivity index (χ2n) is 6.48. The number of aromatic nitrogens is 3. The van der Waals surface area contributed by atoms with Crippen LogP contribution in [0.25, 0.3) is 21.9 Å². The minimum absolute atomic E-state index is 0.0112. The number of amides is 1. The maximum Gasteiger partial charge on any atom is 0.227 e. The number of aryl methyl sites for hydroxylation is 2. The number of nitrogens with one attached hydrogen (secondary N) is 2. The maximum absolute atomic E-state index is 12.5. The molecule has 0 bridgehead atoms. The number of fused-ring (bicyclic) bond motifs is 2. The van der Waals surface area contributed by atoms with Gasteiger partial charge in [-0.1, -0.05) is 37.3 Å². The SMILES string of the molecule is CCCn1c(NC(=O)CCc2c[nH]c3ccccc23)nc2ccccc21. The van der Waals surface area contributed by atoms with Gasteiger partial charge in [-0.3, -0.25) is 10.1 Å². The molecule has 5 nitrogen and oxygen atoms in total. The van der Waals surface area contributed by atoms with Crippen molar-refractivity contribution in [2.24, 2.45) is 0 Å². The predicted molar refractivity (Wildman–Crippen MR) is 105 cm³/mol. The molecule has 0 fully saturated rings. The van der Waals surface area contributed by atoms with Gasteiger partial charge in [0.2, 0.25) is 11.9 Å². The van der Waals surface area contributed by atoms with Crippen molar-refractivity contribution in [2.45, 2.75) is 32.7 Å². The van der Waals surface area contributed by atoms with Gasteiger partial charge in [0.1, 0.15) is 0 Å². The number of aromatic amines is 1. The molecule has 2 aromatic carbocycles. The van der Waals surface area contributed by atoms with Gasteiger partial charge in [-0.2, -0.15) is 0 Å². The highest BCUT2D eigenvalue weighted by molar-refractivity contribution is 5.92. The van der Waals surface area contributed by atoms with Gasteiger partial charge in [0.15, 0.2) is 0 Å². The lowest BCUT2D eigenvalue weighted by atomic mass is 10.1. The second-order valence-corrected chi connectivity index (χ2v) is 6.48. The van der Waals surface area contributed by atoms with Crippen molar-refractivity contribution >= 4 is 33.8 Å². The summed E-state index contributed by atoms with van der Waals surface area (Å²) in [7, 11) is 0. The van der Waals surface area contributed by atoms with Crippen LogP contribution < -0.4 is 5.32 Å². The molecule has 2 aromatic heterocycles. The first-order valence-electron chi connectivity index (χ1n) is 9.06. The monoisotopic (exact) mass is 346 g/mol. The molecule has 2 N–H and O–H groups in total. The van der Waals surface area contributed by atoms with Crippen LogP contribution in [0.15, 0.2) is 54.7 Å². The normalized spacial score (nSPS) is 11.3. The smallest absolute Gasteiger partial charge is 0.227 e. The Morgan fingerprint density at radius 1 is 1.15 bits per heavy atom. The number of anilines is 1. The van der Waals surface area contributed by atoms with Crippen molar-refractivity contribution in [3.63, 3.8) is 0 Å². The highest BCUT2D eigenvalue weighted by atomic mass is 16.1. The molecule has 5 heteroatoms. The van der Waals surface area contributed by atoms with Crippen molar-refractivity contribution in [3.8, 4) is 0 Å². The largest absolute Gasteiger partial charge is 0.361 e. The fourth-order valence-electron chi connectivity index (χ4n) is 3.39. The highest BCUT2D eigenvalue weighted by Gasteiger charge is 2.13. The third-order valence-electron chi connectivity index (χ3n) is 4.65. The van der Waals surface area contributed by atoms with E-state index >= 15 is 0 Å². The Morgan fingerprint density at radius 3 is 2.85 bits per heavy atom. The summed E-state index contributed by atoms with van der Waals surface area (Å²) in [5.74, 6) is 0.625. The first-order chi connectivity index (χ1) is 12.8. The summed E-state index contributed by atoms with van der Waals surface area (Å²) in [6, 6.07) is 16.1. The van der Waals surface area contributed by atoms with Crippen molar-refractivity contribution in [3.05, 3.63) is 60.3 Å². The van der Waals surface area contributed by atoms with E-state index < -0.39 is 0 Å². The fraction of sp³-hybridized carbons (Fsp3) is 0.238. The summed E-state index contributed by atoms with van der Waals surface area (Å²) < 4.78 is 2.08. The van der Waals surface area contributed by atoms with Gasteiger partial charge >= 0.3 is 0 Å². The number of rotatable bonds is 6. The van der Waals surface area contributed by atoms with E-state index in [1.165, 1.54) is 5.39 Å². The van der Waals surface area contributed by atoms with Crippen LogP contribution in [-0.4, -0.2) is 20.4 Å². The Balaban J connectivity index is 1.49. The molecule has 0 unspecified atom stereocenters. The third-order valence-corrected chi connectivity index (χ3v) is 4.65. The predicted octanol–water partition coefficient (Wildman–Crippen LogP) is 4.50. The van der Waals surface area contributed by atoms with Crippen molar-refractivity contribution in [1.82, 2.24) is 14.5 Å². The average molecular weight is 346 g/mol. The Morgan fingerprint density at radius 2 is 1.96 bits per heavy atom. The molecule has 4 aromatic rings. The molecule has 26 heavy (non-hydrogen) atoms. The highest BCUT2D eigenvalue weighted by Crippen LogP contribution is 2.21.